The first-order valence-electron chi connectivity index (χ1n) is 9.88. The molecule has 6 heteroatoms. The summed E-state index contributed by atoms with van der Waals surface area (Å²) in [6.07, 6.45) is 0.946. The third-order valence-electron chi connectivity index (χ3n) is 5.40. The Kier molecular flexibility index (Phi) is 6.22. The van der Waals surface area contributed by atoms with E-state index in [1.165, 1.54) is 16.0 Å². The van der Waals surface area contributed by atoms with Crippen LogP contribution in [0.1, 0.15) is 27.6 Å². The van der Waals surface area contributed by atoms with Gasteiger partial charge in [0, 0.05) is 18.0 Å². The van der Waals surface area contributed by atoms with E-state index in [0.29, 0.717) is 12.2 Å². The maximum atomic E-state index is 9.07. The lowest BCUT2D eigenvalue weighted by molar-refractivity contribution is 0.171. The lowest BCUT2D eigenvalue weighted by atomic mass is 9.91. The predicted molar refractivity (Wildman–Crippen MR) is 118 cm³/mol. The molecule has 2 heterocycles. The summed E-state index contributed by atoms with van der Waals surface area (Å²) in [5.41, 5.74) is 3.16. The first-order valence-corrected chi connectivity index (χ1v) is 10.8. The summed E-state index contributed by atoms with van der Waals surface area (Å²) in [7, 11) is 3.35. The highest BCUT2D eigenvalue weighted by Gasteiger charge is 2.30. The van der Waals surface area contributed by atoms with Gasteiger partial charge in [0.1, 0.15) is 12.4 Å². The van der Waals surface area contributed by atoms with Crippen molar-refractivity contribution < 1.29 is 14.2 Å². The summed E-state index contributed by atoms with van der Waals surface area (Å²) in [5, 5.41) is 11.2. The second kappa shape index (κ2) is 9.21. The number of thiophene rings is 1. The van der Waals surface area contributed by atoms with E-state index >= 15 is 0 Å². The summed E-state index contributed by atoms with van der Waals surface area (Å²) >= 11 is 1.76. The Morgan fingerprint density at radius 3 is 2.67 bits per heavy atom. The molecule has 5 nitrogen and oxygen atoms in total. The van der Waals surface area contributed by atoms with Gasteiger partial charge >= 0.3 is 0 Å². The summed E-state index contributed by atoms with van der Waals surface area (Å²) in [5.74, 6) is 2.25. The molecule has 30 heavy (non-hydrogen) atoms. The van der Waals surface area contributed by atoms with Crippen LogP contribution in [-0.2, 0) is 6.42 Å². The minimum Gasteiger partial charge on any atom is -0.493 e. The molecule has 0 N–H and O–H groups in total. The number of fused-ring (bicyclic) bond motifs is 1. The maximum absolute atomic E-state index is 9.07. The molecular weight excluding hydrogens is 396 g/mol. The Balaban J connectivity index is 1.57. The molecule has 0 bridgehead atoms. The van der Waals surface area contributed by atoms with Crippen molar-refractivity contribution >= 4 is 11.3 Å². The van der Waals surface area contributed by atoms with Gasteiger partial charge in [0.15, 0.2) is 11.5 Å². The van der Waals surface area contributed by atoms with Crippen LogP contribution in [0.2, 0.25) is 0 Å². The van der Waals surface area contributed by atoms with Crippen molar-refractivity contribution in [3.05, 3.63) is 75.5 Å². The third kappa shape index (κ3) is 4.13. The number of hydrogen-bond acceptors (Lipinski definition) is 6. The Hall–Kier alpha value is -3.01. The normalized spacial score (nSPS) is 15.8. The van der Waals surface area contributed by atoms with E-state index in [9.17, 15) is 0 Å². The summed E-state index contributed by atoms with van der Waals surface area (Å²) in [4.78, 5) is 3.75. The highest BCUT2D eigenvalue weighted by atomic mass is 32.1. The SMILES string of the molecule is COc1cc2c(cc1OC)C(c1cccs1)N(CCOc1cccc(C#N)c1)CC2. The zero-order valence-electron chi connectivity index (χ0n) is 17.1. The molecule has 154 valence electrons. The van der Waals surface area contributed by atoms with Crippen LogP contribution in [0.25, 0.3) is 0 Å². The van der Waals surface area contributed by atoms with Gasteiger partial charge in [-0.3, -0.25) is 4.90 Å². The van der Waals surface area contributed by atoms with Gasteiger partial charge in [0.05, 0.1) is 31.9 Å². The molecule has 0 aliphatic carbocycles. The monoisotopic (exact) mass is 420 g/mol. The average Bonchev–Trinajstić information content (AvgIpc) is 3.32. The van der Waals surface area contributed by atoms with E-state index < -0.39 is 0 Å². The van der Waals surface area contributed by atoms with Crippen LogP contribution in [0, 0.1) is 11.3 Å². The lowest BCUT2D eigenvalue weighted by Gasteiger charge is -2.37. The van der Waals surface area contributed by atoms with Crippen molar-refractivity contribution in [1.82, 2.24) is 4.90 Å². The summed E-state index contributed by atoms with van der Waals surface area (Å²) in [6, 6.07) is 18.1. The van der Waals surface area contributed by atoms with E-state index in [0.717, 1.165) is 36.8 Å². The van der Waals surface area contributed by atoms with Crippen LogP contribution in [0.4, 0.5) is 0 Å². The number of hydrogen-bond donors (Lipinski definition) is 0. The fraction of sp³-hybridized carbons (Fsp3) is 0.292. The maximum Gasteiger partial charge on any atom is 0.161 e. The van der Waals surface area contributed by atoms with Gasteiger partial charge in [-0.2, -0.15) is 5.26 Å². The number of ether oxygens (including phenoxy) is 3. The van der Waals surface area contributed by atoms with Gasteiger partial charge in [-0.05, 0) is 59.3 Å². The third-order valence-corrected chi connectivity index (χ3v) is 6.32. The van der Waals surface area contributed by atoms with Crippen molar-refractivity contribution in [2.24, 2.45) is 0 Å². The molecule has 1 aromatic heterocycles. The molecule has 2 aromatic carbocycles. The average molecular weight is 421 g/mol. The van der Waals surface area contributed by atoms with Gasteiger partial charge in [0.2, 0.25) is 0 Å². The highest BCUT2D eigenvalue weighted by molar-refractivity contribution is 7.10. The summed E-state index contributed by atoms with van der Waals surface area (Å²) in [6.45, 7) is 2.28. The number of nitrogens with zero attached hydrogens (tertiary/aromatic N) is 2. The van der Waals surface area contributed by atoms with Gasteiger partial charge in [-0.1, -0.05) is 12.1 Å². The van der Waals surface area contributed by atoms with Gasteiger partial charge in [-0.15, -0.1) is 11.3 Å². The molecule has 0 saturated heterocycles. The van der Waals surface area contributed by atoms with Crippen molar-refractivity contribution in [3.63, 3.8) is 0 Å². The fourth-order valence-corrected chi connectivity index (χ4v) is 4.83. The number of benzene rings is 2. The van der Waals surface area contributed by atoms with Crippen LogP contribution in [-0.4, -0.2) is 38.8 Å². The smallest absolute Gasteiger partial charge is 0.161 e. The zero-order chi connectivity index (χ0) is 20.9. The van der Waals surface area contributed by atoms with Crippen molar-refractivity contribution in [1.29, 1.82) is 5.26 Å². The Morgan fingerprint density at radius 2 is 1.93 bits per heavy atom. The zero-order valence-corrected chi connectivity index (χ0v) is 17.9. The van der Waals surface area contributed by atoms with Crippen molar-refractivity contribution in [3.8, 4) is 23.3 Å². The minimum atomic E-state index is 0.155. The molecular formula is C24H24N2O3S. The number of methoxy groups -OCH3 is 2. The van der Waals surface area contributed by atoms with E-state index in [1.807, 2.05) is 12.1 Å². The Labute approximate surface area is 181 Å². The minimum absolute atomic E-state index is 0.155. The molecule has 0 amide bonds. The second-order valence-electron chi connectivity index (χ2n) is 7.10. The molecule has 0 fully saturated rings. The van der Waals surface area contributed by atoms with Crippen molar-refractivity contribution in [2.45, 2.75) is 12.5 Å². The van der Waals surface area contributed by atoms with Crippen LogP contribution in [0.5, 0.6) is 17.2 Å². The first-order chi connectivity index (χ1) is 14.7. The Morgan fingerprint density at radius 1 is 1.10 bits per heavy atom. The molecule has 1 unspecified atom stereocenters. The molecule has 4 rings (SSSR count). The second-order valence-corrected chi connectivity index (χ2v) is 8.08. The van der Waals surface area contributed by atoms with Gasteiger partial charge in [-0.25, -0.2) is 0 Å². The molecule has 1 aliphatic heterocycles. The van der Waals surface area contributed by atoms with E-state index in [-0.39, 0.29) is 6.04 Å². The lowest BCUT2D eigenvalue weighted by Crippen LogP contribution is -2.38. The van der Waals surface area contributed by atoms with E-state index in [4.69, 9.17) is 19.5 Å². The van der Waals surface area contributed by atoms with Gasteiger partial charge < -0.3 is 14.2 Å². The van der Waals surface area contributed by atoms with E-state index in [2.05, 4.69) is 40.6 Å². The first kappa shape index (κ1) is 20.3. The molecule has 0 spiro atoms. The van der Waals surface area contributed by atoms with Crippen LogP contribution in [0.3, 0.4) is 0 Å². The highest BCUT2D eigenvalue weighted by Crippen LogP contribution is 2.42. The molecule has 1 atom stereocenters. The molecule has 0 saturated carbocycles. The predicted octanol–water partition coefficient (Wildman–Crippen LogP) is 4.66. The van der Waals surface area contributed by atoms with Crippen LogP contribution < -0.4 is 14.2 Å². The number of rotatable bonds is 7. The Bertz CT molecular complexity index is 1040. The topological polar surface area (TPSA) is 54.7 Å². The molecule has 0 radical (unpaired) electrons. The molecule has 1 aliphatic rings. The van der Waals surface area contributed by atoms with Crippen molar-refractivity contribution in [2.75, 3.05) is 33.9 Å². The summed E-state index contributed by atoms with van der Waals surface area (Å²) < 4.78 is 17.0. The fourth-order valence-electron chi connectivity index (χ4n) is 3.95. The van der Waals surface area contributed by atoms with Crippen LogP contribution >= 0.6 is 11.3 Å². The van der Waals surface area contributed by atoms with E-state index in [1.54, 1.807) is 37.7 Å². The number of nitriles is 1. The van der Waals surface area contributed by atoms with Crippen LogP contribution in [0.15, 0.2) is 53.9 Å². The van der Waals surface area contributed by atoms with Gasteiger partial charge in [0.25, 0.3) is 0 Å². The quantitative estimate of drug-likeness (QED) is 0.556. The standard InChI is InChI=1S/C24H24N2O3S/c1-27-21-14-18-8-9-26(10-11-29-19-6-3-5-17(13-19)16-25)24(23-7-4-12-30-23)20(18)15-22(21)28-2/h3-7,12-15,24H,8-11H2,1-2H3. The molecule has 3 aromatic rings. The largest absolute Gasteiger partial charge is 0.493 e.